The Morgan fingerprint density at radius 1 is 1.43 bits per heavy atom. The lowest BCUT2D eigenvalue weighted by atomic mass is 10.2. The van der Waals surface area contributed by atoms with Gasteiger partial charge in [-0.05, 0) is 12.1 Å². The van der Waals surface area contributed by atoms with Gasteiger partial charge in [-0.3, -0.25) is 4.79 Å². The first kappa shape index (κ1) is 17.3. The molecular formula is C11H11ClFNO6S. The minimum atomic E-state index is -4.35. The smallest absolute Gasteiger partial charge is 0.338 e. The summed E-state index contributed by atoms with van der Waals surface area (Å²) in [6.45, 7) is -0.330. The highest BCUT2D eigenvalue weighted by atomic mass is 35.5. The number of nitrogens with one attached hydrogen (secondary N) is 1. The molecule has 1 aromatic rings. The van der Waals surface area contributed by atoms with Gasteiger partial charge in [0.2, 0.25) is 10.0 Å². The van der Waals surface area contributed by atoms with Crippen molar-refractivity contribution in [1.29, 1.82) is 0 Å². The number of carbonyl (C=O) groups is 2. The summed E-state index contributed by atoms with van der Waals surface area (Å²) in [5.74, 6) is -3.74. The molecule has 0 aliphatic heterocycles. The van der Waals surface area contributed by atoms with Crippen LogP contribution in [-0.2, 0) is 19.6 Å². The van der Waals surface area contributed by atoms with Crippen LogP contribution in [0.4, 0.5) is 4.39 Å². The minimum absolute atomic E-state index is 0.248. The molecule has 0 heterocycles. The molecule has 0 atom stereocenters. The summed E-state index contributed by atoms with van der Waals surface area (Å²) in [4.78, 5) is 20.8. The van der Waals surface area contributed by atoms with Gasteiger partial charge < -0.3 is 9.84 Å². The topological polar surface area (TPSA) is 110 Å². The molecule has 0 radical (unpaired) electrons. The fourth-order valence-corrected chi connectivity index (χ4v) is 2.82. The second-order valence-electron chi connectivity index (χ2n) is 3.79. The number of halogens is 2. The average Bonchev–Trinajstić information content (AvgIpc) is 2.40. The molecule has 0 saturated carbocycles. The zero-order valence-electron chi connectivity index (χ0n) is 10.7. The molecular weight excluding hydrogens is 329 g/mol. The number of benzene rings is 1. The molecule has 0 bridgehead atoms. The van der Waals surface area contributed by atoms with Crippen molar-refractivity contribution in [1.82, 2.24) is 4.72 Å². The lowest BCUT2D eigenvalue weighted by Crippen LogP contribution is -2.28. The summed E-state index contributed by atoms with van der Waals surface area (Å²) in [6, 6.07) is 1.58. The molecule has 2 N–H and O–H groups in total. The van der Waals surface area contributed by atoms with E-state index in [4.69, 9.17) is 16.7 Å². The number of carboxylic acids is 1. The van der Waals surface area contributed by atoms with Gasteiger partial charge in [0.05, 0.1) is 19.1 Å². The summed E-state index contributed by atoms with van der Waals surface area (Å²) < 4.78 is 44.0. The maximum absolute atomic E-state index is 13.9. The largest absolute Gasteiger partial charge is 0.478 e. The van der Waals surface area contributed by atoms with E-state index in [0.29, 0.717) is 0 Å². The van der Waals surface area contributed by atoms with Crippen molar-refractivity contribution in [2.45, 2.75) is 11.3 Å². The number of carbonyl (C=O) groups excluding carboxylic acids is 1. The zero-order valence-corrected chi connectivity index (χ0v) is 12.3. The first-order valence-electron chi connectivity index (χ1n) is 5.48. The highest BCUT2D eigenvalue weighted by Gasteiger charge is 2.25. The van der Waals surface area contributed by atoms with Crippen LogP contribution < -0.4 is 4.72 Å². The van der Waals surface area contributed by atoms with Crippen LogP contribution in [-0.4, -0.2) is 39.1 Å². The Hall–Kier alpha value is -1.71. The monoisotopic (exact) mass is 339 g/mol. The molecule has 7 nitrogen and oxygen atoms in total. The zero-order chi connectivity index (χ0) is 16.2. The predicted molar refractivity (Wildman–Crippen MR) is 70.2 cm³/mol. The van der Waals surface area contributed by atoms with Crippen molar-refractivity contribution >= 4 is 33.6 Å². The van der Waals surface area contributed by atoms with Gasteiger partial charge in [-0.25, -0.2) is 22.3 Å². The van der Waals surface area contributed by atoms with E-state index in [0.717, 1.165) is 19.2 Å². The molecule has 1 rings (SSSR count). The maximum atomic E-state index is 13.9. The molecule has 0 amide bonds. The van der Waals surface area contributed by atoms with E-state index in [-0.39, 0.29) is 18.0 Å². The Bertz CT molecular complexity index is 676. The molecule has 10 heteroatoms. The first-order valence-corrected chi connectivity index (χ1v) is 7.34. The van der Waals surface area contributed by atoms with Crippen molar-refractivity contribution < 1.29 is 32.2 Å². The van der Waals surface area contributed by atoms with Gasteiger partial charge in [0, 0.05) is 11.6 Å². The van der Waals surface area contributed by atoms with E-state index in [2.05, 4.69) is 4.74 Å². The van der Waals surface area contributed by atoms with Crippen LogP contribution in [0.1, 0.15) is 16.8 Å². The molecule has 0 fully saturated rings. The summed E-state index contributed by atoms with van der Waals surface area (Å²) in [5.41, 5.74) is -0.865. The number of aromatic carboxylic acids is 1. The number of esters is 1. The molecule has 0 unspecified atom stereocenters. The number of ether oxygens (including phenoxy) is 1. The van der Waals surface area contributed by atoms with Gasteiger partial charge in [0.25, 0.3) is 0 Å². The van der Waals surface area contributed by atoms with Crippen LogP contribution >= 0.6 is 11.6 Å². The number of hydrogen-bond donors (Lipinski definition) is 2. The summed E-state index contributed by atoms with van der Waals surface area (Å²) >= 11 is 5.58. The van der Waals surface area contributed by atoms with Gasteiger partial charge in [-0.2, -0.15) is 0 Å². The average molecular weight is 340 g/mol. The molecule has 0 aliphatic rings. The fourth-order valence-electron chi connectivity index (χ4n) is 1.38. The third-order valence-corrected chi connectivity index (χ3v) is 4.05. The second kappa shape index (κ2) is 6.83. The Kier molecular flexibility index (Phi) is 5.64. The fraction of sp³-hybridized carbons (Fsp3) is 0.273. The molecule has 0 aromatic heterocycles. The van der Waals surface area contributed by atoms with Gasteiger partial charge >= 0.3 is 11.9 Å². The normalized spacial score (nSPS) is 11.2. The second-order valence-corrected chi connectivity index (χ2v) is 5.97. The minimum Gasteiger partial charge on any atom is -0.478 e. The molecule has 0 saturated heterocycles. The van der Waals surface area contributed by atoms with Crippen molar-refractivity contribution in [3.63, 3.8) is 0 Å². The third kappa shape index (κ3) is 4.38. The summed E-state index contributed by atoms with van der Waals surface area (Å²) in [7, 11) is -3.22. The molecule has 21 heavy (non-hydrogen) atoms. The predicted octanol–water partition coefficient (Wildman–Crippen LogP) is 1.02. The van der Waals surface area contributed by atoms with Crippen LogP contribution in [0, 0.1) is 5.82 Å². The van der Waals surface area contributed by atoms with Crippen molar-refractivity contribution in [3.05, 3.63) is 28.5 Å². The third-order valence-electron chi connectivity index (χ3n) is 2.37. The molecule has 1 aromatic carbocycles. The van der Waals surface area contributed by atoms with Crippen LogP contribution in [0.2, 0.25) is 5.02 Å². The first-order chi connectivity index (χ1) is 9.69. The highest BCUT2D eigenvalue weighted by molar-refractivity contribution is 7.89. The van der Waals surface area contributed by atoms with Gasteiger partial charge in [-0.15, -0.1) is 0 Å². The Morgan fingerprint density at radius 3 is 2.57 bits per heavy atom. The van der Waals surface area contributed by atoms with Gasteiger partial charge in [-0.1, -0.05) is 11.6 Å². The molecule has 116 valence electrons. The van der Waals surface area contributed by atoms with E-state index in [1.807, 2.05) is 4.72 Å². The van der Waals surface area contributed by atoms with Crippen molar-refractivity contribution in [3.8, 4) is 0 Å². The Balaban J connectivity index is 3.08. The van der Waals surface area contributed by atoms with E-state index in [1.165, 1.54) is 0 Å². The van der Waals surface area contributed by atoms with Crippen LogP contribution in [0.3, 0.4) is 0 Å². The number of methoxy groups -OCH3 is 1. The molecule has 0 spiro atoms. The summed E-state index contributed by atoms with van der Waals surface area (Å²) in [6.07, 6.45) is -0.260. The highest BCUT2D eigenvalue weighted by Crippen LogP contribution is 2.23. The summed E-state index contributed by atoms with van der Waals surface area (Å²) in [5, 5.41) is 8.54. The van der Waals surface area contributed by atoms with Crippen LogP contribution in [0.5, 0.6) is 0 Å². The lowest BCUT2D eigenvalue weighted by molar-refractivity contribution is -0.140. The number of sulfonamides is 1. The quantitative estimate of drug-likeness (QED) is 0.749. The SMILES string of the molecule is COC(=O)CCNS(=O)(=O)c1cc(Cl)cc(C(=O)O)c1F. The number of hydrogen-bond acceptors (Lipinski definition) is 5. The Morgan fingerprint density at radius 2 is 2.05 bits per heavy atom. The van der Waals surface area contributed by atoms with Gasteiger partial charge in [0.1, 0.15) is 4.90 Å². The standard InChI is InChI=1S/C11H11ClFNO6S/c1-20-9(15)2-3-14-21(18,19)8-5-6(12)4-7(10(8)13)11(16)17/h4-5,14H,2-3H2,1H3,(H,16,17). The molecule has 0 aliphatic carbocycles. The van der Waals surface area contributed by atoms with E-state index < -0.39 is 38.2 Å². The van der Waals surface area contributed by atoms with Gasteiger partial charge in [0.15, 0.2) is 5.82 Å². The number of carboxylic acid groups (broad SMARTS) is 1. The van der Waals surface area contributed by atoms with E-state index in [1.54, 1.807) is 0 Å². The Labute approximate surface area is 124 Å². The maximum Gasteiger partial charge on any atom is 0.338 e. The van der Waals surface area contributed by atoms with Crippen LogP contribution in [0.25, 0.3) is 0 Å². The van der Waals surface area contributed by atoms with E-state index >= 15 is 0 Å². The van der Waals surface area contributed by atoms with Crippen molar-refractivity contribution in [2.24, 2.45) is 0 Å². The number of rotatable bonds is 6. The van der Waals surface area contributed by atoms with E-state index in [9.17, 15) is 22.4 Å². The van der Waals surface area contributed by atoms with Crippen molar-refractivity contribution in [2.75, 3.05) is 13.7 Å². The van der Waals surface area contributed by atoms with Crippen LogP contribution in [0.15, 0.2) is 17.0 Å². The lowest BCUT2D eigenvalue weighted by Gasteiger charge is -2.09.